The molecule has 0 saturated carbocycles. The van der Waals surface area contributed by atoms with Gasteiger partial charge in [-0.05, 0) is 29.8 Å². The van der Waals surface area contributed by atoms with Crippen molar-refractivity contribution in [1.29, 1.82) is 0 Å². The maximum absolute atomic E-state index is 13.8. The van der Waals surface area contributed by atoms with Crippen molar-refractivity contribution in [3.63, 3.8) is 0 Å². The van der Waals surface area contributed by atoms with Gasteiger partial charge in [-0.3, -0.25) is 0 Å². The van der Waals surface area contributed by atoms with Gasteiger partial charge >= 0.3 is 0 Å². The van der Waals surface area contributed by atoms with E-state index in [1.807, 2.05) is 6.07 Å². The van der Waals surface area contributed by atoms with Crippen LogP contribution in [0.15, 0.2) is 36.5 Å². The summed E-state index contributed by atoms with van der Waals surface area (Å²) in [7, 11) is 0. The highest BCUT2D eigenvalue weighted by molar-refractivity contribution is 5.85. The van der Waals surface area contributed by atoms with Gasteiger partial charge in [0.2, 0.25) is 0 Å². The van der Waals surface area contributed by atoms with E-state index in [-0.39, 0.29) is 24.8 Å². The minimum atomic E-state index is -0.567. The van der Waals surface area contributed by atoms with Crippen molar-refractivity contribution in [2.75, 3.05) is 31.1 Å². The molecule has 120 valence electrons. The van der Waals surface area contributed by atoms with E-state index >= 15 is 0 Å². The van der Waals surface area contributed by atoms with E-state index in [1.165, 1.54) is 12.1 Å². The van der Waals surface area contributed by atoms with Gasteiger partial charge in [-0.1, -0.05) is 0 Å². The molecule has 3 nitrogen and oxygen atoms in total. The molecule has 0 unspecified atom stereocenters. The third-order valence-corrected chi connectivity index (χ3v) is 3.43. The van der Waals surface area contributed by atoms with Crippen LogP contribution < -0.4 is 10.2 Å². The van der Waals surface area contributed by atoms with Gasteiger partial charge in [0.15, 0.2) is 0 Å². The fraction of sp³-hybridized carbons (Fsp3) is 0.267. The van der Waals surface area contributed by atoms with Gasteiger partial charge < -0.3 is 10.2 Å². The molecule has 1 saturated heterocycles. The first-order valence-electron chi connectivity index (χ1n) is 6.61. The predicted octanol–water partition coefficient (Wildman–Crippen LogP) is 3.28. The van der Waals surface area contributed by atoms with E-state index in [4.69, 9.17) is 0 Å². The van der Waals surface area contributed by atoms with Crippen molar-refractivity contribution < 1.29 is 8.78 Å². The molecular formula is C15H17Cl2F2N3. The highest BCUT2D eigenvalue weighted by Gasteiger charge is 2.13. The third-order valence-electron chi connectivity index (χ3n) is 3.43. The lowest BCUT2D eigenvalue weighted by Gasteiger charge is -2.28. The first-order chi connectivity index (χ1) is 9.74. The summed E-state index contributed by atoms with van der Waals surface area (Å²) in [6.45, 7) is 3.58. The number of pyridine rings is 1. The van der Waals surface area contributed by atoms with Gasteiger partial charge in [0.05, 0.1) is 0 Å². The molecule has 0 atom stereocenters. The molecule has 0 aliphatic carbocycles. The first-order valence-corrected chi connectivity index (χ1v) is 6.61. The number of rotatable bonds is 2. The van der Waals surface area contributed by atoms with E-state index in [1.54, 1.807) is 12.3 Å². The average molecular weight is 348 g/mol. The maximum Gasteiger partial charge on any atom is 0.133 e. The summed E-state index contributed by atoms with van der Waals surface area (Å²) in [4.78, 5) is 6.49. The van der Waals surface area contributed by atoms with Gasteiger partial charge in [-0.25, -0.2) is 13.8 Å². The second-order valence-corrected chi connectivity index (χ2v) is 4.76. The van der Waals surface area contributed by atoms with Crippen LogP contribution in [0.5, 0.6) is 0 Å². The van der Waals surface area contributed by atoms with Gasteiger partial charge in [-0.15, -0.1) is 24.8 Å². The van der Waals surface area contributed by atoms with E-state index in [9.17, 15) is 8.78 Å². The second-order valence-electron chi connectivity index (χ2n) is 4.76. The lowest BCUT2D eigenvalue weighted by molar-refractivity contribution is 0.584. The topological polar surface area (TPSA) is 28.2 Å². The van der Waals surface area contributed by atoms with Crippen LogP contribution in [0.3, 0.4) is 0 Å². The van der Waals surface area contributed by atoms with E-state index in [0.29, 0.717) is 11.1 Å². The third kappa shape index (κ3) is 4.06. The molecular weight excluding hydrogens is 331 g/mol. The number of anilines is 1. The van der Waals surface area contributed by atoms with Crippen molar-refractivity contribution >= 4 is 30.6 Å². The first kappa shape index (κ1) is 18.6. The molecule has 0 bridgehead atoms. The lowest BCUT2D eigenvalue weighted by atomic mass is 10.1. The Kier molecular flexibility index (Phi) is 7.00. The van der Waals surface area contributed by atoms with Crippen LogP contribution >= 0.6 is 24.8 Å². The minimum absolute atomic E-state index is 0. The van der Waals surface area contributed by atoms with Crippen molar-refractivity contribution in [2.24, 2.45) is 0 Å². The number of hydrogen-bond acceptors (Lipinski definition) is 3. The summed E-state index contributed by atoms with van der Waals surface area (Å²) in [5.41, 5.74) is 1.11. The van der Waals surface area contributed by atoms with Crippen molar-refractivity contribution in [1.82, 2.24) is 10.3 Å². The summed E-state index contributed by atoms with van der Waals surface area (Å²) in [5.74, 6) is -0.294. The van der Waals surface area contributed by atoms with Crippen LogP contribution in [-0.2, 0) is 0 Å². The number of nitrogens with one attached hydrogen (secondary N) is 1. The van der Waals surface area contributed by atoms with E-state index < -0.39 is 11.6 Å². The van der Waals surface area contributed by atoms with Crippen LogP contribution in [0.25, 0.3) is 11.1 Å². The zero-order valence-electron chi connectivity index (χ0n) is 11.8. The molecule has 2 heterocycles. The molecule has 2 aromatic rings. The zero-order valence-corrected chi connectivity index (χ0v) is 13.4. The fourth-order valence-electron chi connectivity index (χ4n) is 2.38. The molecule has 0 amide bonds. The Morgan fingerprint density at radius 2 is 1.73 bits per heavy atom. The number of piperazine rings is 1. The monoisotopic (exact) mass is 347 g/mol. The smallest absolute Gasteiger partial charge is 0.133 e. The maximum atomic E-state index is 13.8. The van der Waals surface area contributed by atoms with Crippen LogP contribution in [-0.4, -0.2) is 31.2 Å². The number of hydrogen-bond donors (Lipinski definition) is 1. The predicted molar refractivity (Wildman–Crippen MR) is 89.2 cm³/mol. The molecule has 1 aliphatic heterocycles. The lowest BCUT2D eigenvalue weighted by Crippen LogP contribution is -2.43. The summed E-state index contributed by atoms with van der Waals surface area (Å²) in [6, 6.07) is 7.22. The number of nitrogens with zero attached hydrogens (tertiary/aromatic N) is 2. The highest BCUT2D eigenvalue weighted by atomic mass is 35.5. The average Bonchev–Trinajstić information content (AvgIpc) is 2.48. The van der Waals surface area contributed by atoms with Crippen molar-refractivity contribution in [3.8, 4) is 11.1 Å². The van der Waals surface area contributed by atoms with Gasteiger partial charge in [0.1, 0.15) is 17.5 Å². The minimum Gasteiger partial charge on any atom is -0.354 e. The summed E-state index contributed by atoms with van der Waals surface area (Å²) >= 11 is 0. The quantitative estimate of drug-likeness (QED) is 0.903. The van der Waals surface area contributed by atoms with Gasteiger partial charge in [0.25, 0.3) is 0 Å². The zero-order chi connectivity index (χ0) is 13.9. The Labute approximate surface area is 140 Å². The number of benzene rings is 1. The molecule has 1 fully saturated rings. The molecule has 22 heavy (non-hydrogen) atoms. The largest absolute Gasteiger partial charge is 0.354 e. The highest BCUT2D eigenvalue weighted by Crippen LogP contribution is 2.26. The second kappa shape index (κ2) is 8.27. The van der Waals surface area contributed by atoms with Crippen molar-refractivity contribution in [3.05, 3.63) is 48.2 Å². The molecule has 1 aliphatic rings. The van der Waals surface area contributed by atoms with Crippen LogP contribution in [0.4, 0.5) is 14.6 Å². The molecule has 0 spiro atoms. The van der Waals surface area contributed by atoms with E-state index in [2.05, 4.69) is 15.2 Å². The normalized spacial score (nSPS) is 14.0. The molecule has 3 rings (SSSR count). The van der Waals surface area contributed by atoms with Crippen molar-refractivity contribution in [2.45, 2.75) is 0 Å². The molecule has 1 N–H and O–H groups in total. The Morgan fingerprint density at radius 3 is 2.41 bits per heavy atom. The Morgan fingerprint density at radius 1 is 1.00 bits per heavy atom. The van der Waals surface area contributed by atoms with E-state index in [0.717, 1.165) is 38.1 Å². The standard InChI is InChI=1S/C15H15F2N3.2ClH/c16-12-1-2-13(14(17)10-12)11-3-4-19-15(9-11)20-7-5-18-6-8-20;;/h1-4,9-10,18H,5-8H2;2*1H. The SMILES string of the molecule is Cl.Cl.Fc1ccc(-c2ccnc(N3CCNCC3)c2)c(F)c1. The molecule has 1 aromatic carbocycles. The fourth-order valence-corrected chi connectivity index (χ4v) is 2.38. The molecule has 7 heteroatoms. The molecule has 0 radical (unpaired) electrons. The Bertz CT molecular complexity index is 619. The van der Waals surface area contributed by atoms with Crippen LogP contribution in [0.2, 0.25) is 0 Å². The number of halogens is 4. The molecule has 1 aromatic heterocycles. The summed E-state index contributed by atoms with van der Waals surface area (Å²) < 4.78 is 26.8. The Hall–Kier alpha value is -1.43. The van der Waals surface area contributed by atoms with Gasteiger partial charge in [-0.2, -0.15) is 0 Å². The van der Waals surface area contributed by atoms with Crippen LogP contribution in [0.1, 0.15) is 0 Å². The number of aromatic nitrogens is 1. The van der Waals surface area contributed by atoms with Gasteiger partial charge in [0, 0.05) is 44.0 Å². The Balaban J connectivity index is 0.00000121. The summed E-state index contributed by atoms with van der Waals surface area (Å²) in [5, 5.41) is 3.28. The summed E-state index contributed by atoms with van der Waals surface area (Å²) in [6.07, 6.45) is 1.66. The van der Waals surface area contributed by atoms with Crippen LogP contribution in [0, 0.1) is 11.6 Å².